The topological polar surface area (TPSA) is 125 Å². The van der Waals surface area contributed by atoms with Gasteiger partial charge in [-0.3, -0.25) is 14.7 Å². The lowest BCUT2D eigenvalue weighted by Gasteiger charge is -2.37. The molecule has 0 radical (unpaired) electrons. The largest absolute Gasteiger partial charge is 0.353 e. The van der Waals surface area contributed by atoms with Gasteiger partial charge in [-0.25, -0.2) is 21.8 Å². The van der Waals surface area contributed by atoms with Gasteiger partial charge in [-0.15, -0.1) is 0 Å². The molecule has 0 bridgehead atoms. The number of sulfonamides is 2. The maximum atomic E-state index is 13.1. The van der Waals surface area contributed by atoms with Gasteiger partial charge in [0.15, 0.2) is 0 Å². The van der Waals surface area contributed by atoms with E-state index in [2.05, 4.69) is 19.6 Å². The fourth-order valence-corrected chi connectivity index (χ4v) is 8.62. The molecule has 12 heteroatoms. The number of hydrogen-bond acceptors (Lipinski definition) is 8. The van der Waals surface area contributed by atoms with Gasteiger partial charge in [0.05, 0.1) is 39.3 Å². The van der Waals surface area contributed by atoms with Gasteiger partial charge < -0.3 is 4.90 Å². The van der Waals surface area contributed by atoms with Gasteiger partial charge in [0.1, 0.15) is 5.82 Å². The smallest absolute Gasteiger partial charge is 0.261 e. The SMILES string of the molecule is O=S(=O)(Nc1cncc(-c2ccc3ncc(N4CCN(S(=O)(=O)C5CCCCC5)CC4)nc3c2)c1)c1ccccc1. The second-order valence-electron chi connectivity index (χ2n) is 10.5. The highest BCUT2D eigenvalue weighted by Gasteiger charge is 2.35. The van der Waals surface area contributed by atoms with Crippen molar-refractivity contribution < 1.29 is 16.8 Å². The Morgan fingerprint density at radius 3 is 2.27 bits per heavy atom. The Hall–Kier alpha value is -3.61. The normalized spacial score (nSPS) is 17.5. The van der Waals surface area contributed by atoms with Crippen molar-refractivity contribution in [2.24, 2.45) is 0 Å². The molecule has 1 N–H and O–H groups in total. The summed E-state index contributed by atoms with van der Waals surface area (Å²) in [5.41, 5.74) is 3.32. The number of hydrogen-bond donors (Lipinski definition) is 1. The molecule has 2 fully saturated rings. The summed E-state index contributed by atoms with van der Waals surface area (Å²) in [6, 6.07) is 15.6. The van der Waals surface area contributed by atoms with Crippen molar-refractivity contribution in [1.82, 2.24) is 19.3 Å². The molecule has 2 aromatic heterocycles. The van der Waals surface area contributed by atoms with Gasteiger partial charge in [-0.2, -0.15) is 4.31 Å². The monoisotopic (exact) mass is 592 g/mol. The van der Waals surface area contributed by atoms with Gasteiger partial charge in [0.25, 0.3) is 10.0 Å². The molecule has 0 spiro atoms. The molecule has 1 aliphatic heterocycles. The number of pyridine rings is 1. The zero-order valence-corrected chi connectivity index (χ0v) is 24.2. The van der Waals surface area contributed by atoms with Crippen LogP contribution in [-0.4, -0.2) is 67.5 Å². The third-order valence-electron chi connectivity index (χ3n) is 7.80. The predicted octanol–water partition coefficient (Wildman–Crippen LogP) is 4.28. The number of benzene rings is 2. The zero-order chi connectivity index (χ0) is 28.5. The Morgan fingerprint density at radius 1 is 0.756 bits per heavy atom. The van der Waals surface area contributed by atoms with Crippen molar-refractivity contribution in [3.63, 3.8) is 0 Å². The van der Waals surface area contributed by atoms with Crippen LogP contribution in [0.5, 0.6) is 0 Å². The second-order valence-corrected chi connectivity index (χ2v) is 14.4. The highest BCUT2D eigenvalue weighted by molar-refractivity contribution is 7.92. The van der Waals surface area contributed by atoms with Crippen LogP contribution in [0.4, 0.5) is 11.5 Å². The molecular formula is C29H32N6O4S2. The molecule has 214 valence electrons. The number of aromatic nitrogens is 3. The number of rotatable bonds is 7. The average Bonchev–Trinajstić information content (AvgIpc) is 3.01. The standard InChI is InChI=1S/C29H32N6O4S2/c36-40(37,25-7-3-1-4-8-25)33-24-17-23(19-30-20-24)22-11-12-27-28(18-22)32-29(21-31-27)34-13-15-35(16-14-34)41(38,39)26-9-5-2-6-10-26/h1,3-4,7-8,11-12,17-21,26,33H,2,5-6,9-10,13-16H2. The van der Waals surface area contributed by atoms with Crippen molar-refractivity contribution >= 4 is 42.6 Å². The van der Waals surface area contributed by atoms with Crippen LogP contribution in [0, 0.1) is 0 Å². The van der Waals surface area contributed by atoms with Crippen LogP contribution >= 0.6 is 0 Å². The molecule has 3 heterocycles. The summed E-state index contributed by atoms with van der Waals surface area (Å²) in [6.45, 7) is 1.99. The molecular weight excluding hydrogens is 560 g/mol. The predicted molar refractivity (Wildman–Crippen MR) is 160 cm³/mol. The summed E-state index contributed by atoms with van der Waals surface area (Å²) < 4.78 is 56.1. The summed E-state index contributed by atoms with van der Waals surface area (Å²) in [4.78, 5) is 15.9. The lowest BCUT2D eigenvalue weighted by atomic mass is 10.0. The van der Waals surface area contributed by atoms with E-state index in [0.29, 0.717) is 43.2 Å². The van der Waals surface area contributed by atoms with Gasteiger partial charge >= 0.3 is 0 Å². The second kappa shape index (κ2) is 11.3. The molecule has 1 aliphatic carbocycles. The van der Waals surface area contributed by atoms with Crippen molar-refractivity contribution in [2.75, 3.05) is 35.8 Å². The molecule has 2 aromatic carbocycles. The van der Waals surface area contributed by atoms with Crippen LogP contribution < -0.4 is 9.62 Å². The molecule has 2 aliphatic rings. The number of nitrogens with one attached hydrogen (secondary N) is 1. The van der Waals surface area contributed by atoms with Gasteiger partial charge in [-0.05, 0) is 48.7 Å². The third kappa shape index (κ3) is 5.90. The summed E-state index contributed by atoms with van der Waals surface area (Å²) in [6.07, 6.45) is 9.49. The Balaban J connectivity index is 1.18. The van der Waals surface area contributed by atoms with E-state index in [1.165, 1.54) is 18.3 Å². The average molecular weight is 593 g/mol. The van der Waals surface area contributed by atoms with Crippen molar-refractivity contribution in [3.05, 3.63) is 73.2 Å². The molecule has 10 nitrogen and oxygen atoms in total. The molecule has 4 aromatic rings. The highest BCUT2D eigenvalue weighted by atomic mass is 32.2. The van der Waals surface area contributed by atoms with E-state index in [0.717, 1.165) is 48.7 Å². The van der Waals surface area contributed by atoms with Crippen LogP contribution in [0.1, 0.15) is 32.1 Å². The lowest BCUT2D eigenvalue weighted by Crippen LogP contribution is -2.51. The van der Waals surface area contributed by atoms with E-state index < -0.39 is 20.0 Å². The first-order valence-corrected chi connectivity index (χ1v) is 16.8. The summed E-state index contributed by atoms with van der Waals surface area (Å²) >= 11 is 0. The first-order valence-electron chi connectivity index (χ1n) is 13.8. The van der Waals surface area contributed by atoms with Gasteiger partial charge in [0, 0.05) is 37.9 Å². The van der Waals surface area contributed by atoms with E-state index in [-0.39, 0.29) is 10.1 Å². The van der Waals surface area contributed by atoms with Crippen LogP contribution in [0.3, 0.4) is 0 Å². The highest BCUT2D eigenvalue weighted by Crippen LogP contribution is 2.29. The maximum absolute atomic E-state index is 13.1. The molecule has 41 heavy (non-hydrogen) atoms. The molecule has 1 saturated heterocycles. The Kier molecular flexibility index (Phi) is 7.62. The quantitative estimate of drug-likeness (QED) is 0.337. The number of fused-ring (bicyclic) bond motifs is 1. The minimum atomic E-state index is -3.74. The molecule has 1 saturated carbocycles. The van der Waals surface area contributed by atoms with E-state index in [1.807, 2.05) is 18.2 Å². The summed E-state index contributed by atoms with van der Waals surface area (Å²) in [5, 5.41) is -0.247. The van der Waals surface area contributed by atoms with Crippen LogP contribution in [0.25, 0.3) is 22.2 Å². The summed E-state index contributed by atoms with van der Waals surface area (Å²) in [5.74, 6) is 0.701. The minimum Gasteiger partial charge on any atom is -0.353 e. The fourth-order valence-electron chi connectivity index (χ4n) is 5.55. The van der Waals surface area contributed by atoms with E-state index in [9.17, 15) is 16.8 Å². The van der Waals surface area contributed by atoms with Crippen molar-refractivity contribution in [1.29, 1.82) is 0 Å². The Morgan fingerprint density at radius 2 is 1.51 bits per heavy atom. The zero-order valence-electron chi connectivity index (χ0n) is 22.6. The van der Waals surface area contributed by atoms with E-state index in [4.69, 9.17) is 4.98 Å². The molecule has 0 unspecified atom stereocenters. The maximum Gasteiger partial charge on any atom is 0.261 e. The van der Waals surface area contributed by atoms with Crippen LogP contribution in [-0.2, 0) is 20.0 Å². The third-order valence-corrected chi connectivity index (χ3v) is 11.6. The first kappa shape index (κ1) is 27.6. The number of nitrogens with zero attached hydrogens (tertiary/aromatic N) is 5. The Labute approximate surface area is 240 Å². The van der Waals surface area contributed by atoms with Crippen LogP contribution in [0.2, 0.25) is 0 Å². The van der Waals surface area contributed by atoms with E-state index >= 15 is 0 Å². The molecule has 6 rings (SSSR count). The van der Waals surface area contributed by atoms with Gasteiger partial charge in [-0.1, -0.05) is 43.5 Å². The summed E-state index contributed by atoms with van der Waals surface area (Å²) in [7, 11) is -7.01. The lowest BCUT2D eigenvalue weighted by molar-refractivity contribution is 0.366. The molecule has 0 atom stereocenters. The minimum absolute atomic E-state index is 0.173. The fraction of sp³-hybridized carbons (Fsp3) is 0.345. The number of anilines is 2. The van der Waals surface area contributed by atoms with Crippen LogP contribution in [0.15, 0.2) is 78.1 Å². The first-order chi connectivity index (χ1) is 19.8. The van der Waals surface area contributed by atoms with E-state index in [1.54, 1.807) is 41.0 Å². The van der Waals surface area contributed by atoms with Gasteiger partial charge in [0.2, 0.25) is 10.0 Å². The number of piperazine rings is 1. The van der Waals surface area contributed by atoms with Crippen molar-refractivity contribution in [3.8, 4) is 11.1 Å². The van der Waals surface area contributed by atoms with Crippen molar-refractivity contribution in [2.45, 2.75) is 42.2 Å². The molecule has 0 amide bonds. The Bertz CT molecular complexity index is 1750.